The van der Waals surface area contributed by atoms with Gasteiger partial charge in [-0.1, -0.05) is 0 Å². The van der Waals surface area contributed by atoms with Crippen molar-refractivity contribution in [1.82, 2.24) is 5.06 Å². The number of hydrogen-bond acceptors (Lipinski definition) is 3. The maximum Gasteiger partial charge on any atom is 0.434 e. The van der Waals surface area contributed by atoms with Crippen LogP contribution in [0.1, 0.15) is 6.92 Å². The van der Waals surface area contributed by atoms with Crippen molar-refractivity contribution >= 4 is 6.09 Å². The van der Waals surface area contributed by atoms with Gasteiger partial charge in [0.25, 0.3) is 0 Å². The maximum atomic E-state index is 10.2. The predicted octanol–water partition coefficient (Wildman–Crippen LogP) is 0.216. The second kappa shape index (κ2) is 1.63. The molecular formula is C4H7NO3. The van der Waals surface area contributed by atoms with Gasteiger partial charge in [-0.05, 0) is 6.92 Å². The molecule has 1 fully saturated rings. The summed E-state index contributed by atoms with van der Waals surface area (Å²) < 4.78 is 4.41. The molecule has 46 valence electrons. The van der Waals surface area contributed by atoms with Crippen LogP contribution in [0.15, 0.2) is 0 Å². The molecule has 0 aromatic heterocycles. The molecule has 0 aromatic carbocycles. The highest BCUT2D eigenvalue weighted by Gasteiger charge is 2.27. The molecule has 0 aliphatic carbocycles. The van der Waals surface area contributed by atoms with Gasteiger partial charge >= 0.3 is 6.09 Å². The fourth-order valence-corrected chi connectivity index (χ4v) is 0.509. The monoisotopic (exact) mass is 117 g/mol. The minimum Gasteiger partial charge on any atom is -0.446 e. The minimum atomic E-state index is -0.655. The molecule has 1 N–H and O–H groups in total. The van der Waals surface area contributed by atoms with Crippen molar-refractivity contribution in [2.75, 3.05) is 6.61 Å². The Labute approximate surface area is 46.6 Å². The molecule has 0 radical (unpaired) electrons. The van der Waals surface area contributed by atoms with Gasteiger partial charge in [0.15, 0.2) is 0 Å². The zero-order valence-electron chi connectivity index (χ0n) is 4.50. The zero-order valence-corrected chi connectivity index (χ0v) is 4.50. The number of cyclic esters (lactones) is 1. The van der Waals surface area contributed by atoms with Gasteiger partial charge in [0.1, 0.15) is 6.61 Å². The third kappa shape index (κ3) is 0.626. The number of carbonyl (C=O) groups excluding carboxylic acids is 1. The van der Waals surface area contributed by atoms with Crippen LogP contribution in [0.25, 0.3) is 0 Å². The summed E-state index contributed by atoms with van der Waals surface area (Å²) in [5.74, 6) is 0. The Morgan fingerprint density at radius 1 is 2.00 bits per heavy atom. The van der Waals surface area contributed by atoms with E-state index in [1.54, 1.807) is 6.92 Å². The maximum absolute atomic E-state index is 10.2. The highest BCUT2D eigenvalue weighted by Crippen LogP contribution is 2.06. The van der Waals surface area contributed by atoms with E-state index in [0.717, 1.165) is 0 Å². The smallest absolute Gasteiger partial charge is 0.434 e. The molecule has 0 aromatic rings. The highest BCUT2D eigenvalue weighted by atomic mass is 16.6. The molecule has 4 heteroatoms. The quantitative estimate of drug-likeness (QED) is 0.461. The van der Waals surface area contributed by atoms with Gasteiger partial charge < -0.3 is 4.74 Å². The van der Waals surface area contributed by atoms with Gasteiger partial charge in [-0.25, -0.2) is 4.79 Å². The molecule has 1 amide bonds. The lowest BCUT2D eigenvalue weighted by Crippen LogP contribution is -2.26. The van der Waals surface area contributed by atoms with Crippen LogP contribution >= 0.6 is 0 Å². The van der Waals surface area contributed by atoms with Crippen LogP contribution in [0, 0.1) is 0 Å². The first kappa shape index (κ1) is 5.37. The number of nitrogens with zero attached hydrogens (tertiary/aromatic N) is 1. The number of ether oxygens (including phenoxy) is 1. The largest absolute Gasteiger partial charge is 0.446 e. The minimum absolute atomic E-state index is 0.192. The average molecular weight is 117 g/mol. The molecule has 0 spiro atoms. The standard InChI is InChI=1S/C4H7NO3/c1-3-2-8-4(6)5(3)7/h3,7H,2H2,1H3. The molecule has 1 saturated heterocycles. The number of carbonyl (C=O) groups is 1. The van der Waals surface area contributed by atoms with Crippen molar-refractivity contribution in [2.24, 2.45) is 0 Å². The first-order chi connectivity index (χ1) is 3.72. The Balaban J connectivity index is 2.56. The van der Waals surface area contributed by atoms with Crippen LogP contribution in [-0.4, -0.2) is 29.0 Å². The summed E-state index contributed by atoms with van der Waals surface area (Å²) in [6.07, 6.45) is -0.655. The summed E-state index contributed by atoms with van der Waals surface area (Å²) in [5, 5.41) is 9.21. The van der Waals surface area contributed by atoms with Crippen molar-refractivity contribution < 1.29 is 14.7 Å². The van der Waals surface area contributed by atoms with E-state index in [9.17, 15) is 4.79 Å². The van der Waals surface area contributed by atoms with Gasteiger partial charge in [-0.3, -0.25) is 5.21 Å². The first-order valence-corrected chi connectivity index (χ1v) is 2.36. The van der Waals surface area contributed by atoms with Crippen LogP contribution in [0.4, 0.5) is 4.79 Å². The second-order valence-electron chi connectivity index (χ2n) is 1.77. The lowest BCUT2D eigenvalue weighted by Gasteiger charge is -2.05. The summed E-state index contributed by atoms with van der Waals surface area (Å²) in [5.41, 5.74) is 0. The van der Waals surface area contributed by atoms with E-state index in [2.05, 4.69) is 4.74 Å². The Bertz CT molecular complexity index is 114. The van der Waals surface area contributed by atoms with Crippen LogP contribution in [-0.2, 0) is 4.74 Å². The van der Waals surface area contributed by atoms with Gasteiger partial charge in [0, 0.05) is 0 Å². The molecule has 0 saturated carbocycles. The molecule has 1 rings (SSSR count). The van der Waals surface area contributed by atoms with E-state index in [4.69, 9.17) is 5.21 Å². The number of hydroxylamine groups is 2. The van der Waals surface area contributed by atoms with E-state index in [1.165, 1.54) is 0 Å². The summed E-state index contributed by atoms with van der Waals surface area (Å²) in [6, 6.07) is -0.192. The third-order valence-electron chi connectivity index (χ3n) is 1.05. The average Bonchev–Trinajstić information content (AvgIpc) is 1.98. The Hall–Kier alpha value is -0.770. The van der Waals surface area contributed by atoms with E-state index < -0.39 is 6.09 Å². The summed E-state index contributed by atoms with van der Waals surface area (Å²) in [7, 11) is 0. The Morgan fingerprint density at radius 3 is 2.75 bits per heavy atom. The molecule has 4 nitrogen and oxygen atoms in total. The molecule has 1 heterocycles. The van der Waals surface area contributed by atoms with Gasteiger partial charge in [0.2, 0.25) is 0 Å². The SMILES string of the molecule is CC1COC(=O)N1O. The lowest BCUT2D eigenvalue weighted by atomic mass is 10.4. The van der Waals surface area contributed by atoms with Crippen LogP contribution in [0.3, 0.4) is 0 Å². The van der Waals surface area contributed by atoms with Gasteiger partial charge in [-0.15, -0.1) is 0 Å². The molecule has 8 heavy (non-hydrogen) atoms. The molecule has 1 atom stereocenters. The predicted molar refractivity (Wildman–Crippen MR) is 24.4 cm³/mol. The van der Waals surface area contributed by atoms with E-state index in [-0.39, 0.29) is 12.6 Å². The second-order valence-corrected chi connectivity index (χ2v) is 1.77. The Morgan fingerprint density at radius 2 is 2.62 bits per heavy atom. The molecule has 1 unspecified atom stereocenters. The van der Waals surface area contributed by atoms with E-state index >= 15 is 0 Å². The normalized spacial score (nSPS) is 28.5. The number of hydrogen-bond donors (Lipinski definition) is 1. The van der Waals surface area contributed by atoms with E-state index in [1.807, 2.05) is 0 Å². The summed E-state index contributed by atoms with van der Waals surface area (Å²) in [6.45, 7) is 1.99. The van der Waals surface area contributed by atoms with Crippen molar-refractivity contribution in [2.45, 2.75) is 13.0 Å². The summed E-state index contributed by atoms with van der Waals surface area (Å²) in [4.78, 5) is 10.2. The van der Waals surface area contributed by atoms with Crippen molar-refractivity contribution in [1.29, 1.82) is 0 Å². The topological polar surface area (TPSA) is 49.8 Å². The van der Waals surface area contributed by atoms with Crippen molar-refractivity contribution in [3.8, 4) is 0 Å². The first-order valence-electron chi connectivity index (χ1n) is 2.36. The van der Waals surface area contributed by atoms with Gasteiger partial charge in [0.05, 0.1) is 6.04 Å². The van der Waals surface area contributed by atoms with E-state index in [0.29, 0.717) is 5.06 Å². The summed E-state index contributed by atoms with van der Waals surface area (Å²) >= 11 is 0. The third-order valence-corrected chi connectivity index (χ3v) is 1.05. The highest BCUT2D eigenvalue weighted by molar-refractivity contribution is 5.68. The zero-order chi connectivity index (χ0) is 6.15. The number of rotatable bonds is 0. The molecular weight excluding hydrogens is 110 g/mol. The van der Waals surface area contributed by atoms with Crippen LogP contribution in [0.5, 0.6) is 0 Å². The Kier molecular flexibility index (Phi) is 1.09. The van der Waals surface area contributed by atoms with Crippen molar-refractivity contribution in [3.05, 3.63) is 0 Å². The molecule has 0 bridgehead atoms. The fraction of sp³-hybridized carbons (Fsp3) is 0.750. The van der Waals surface area contributed by atoms with Crippen LogP contribution in [0.2, 0.25) is 0 Å². The van der Waals surface area contributed by atoms with Gasteiger partial charge in [-0.2, -0.15) is 5.06 Å². The molecule has 1 aliphatic heterocycles. The fourth-order valence-electron chi connectivity index (χ4n) is 0.509. The van der Waals surface area contributed by atoms with Crippen molar-refractivity contribution in [3.63, 3.8) is 0 Å². The van der Waals surface area contributed by atoms with Crippen LogP contribution < -0.4 is 0 Å². The number of amides is 1. The molecule has 1 aliphatic rings. The lowest BCUT2D eigenvalue weighted by molar-refractivity contribution is -0.0551.